The second-order valence-corrected chi connectivity index (χ2v) is 4.92. The Kier molecular flexibility index (Phi) is 3.97. The molecule has 1 N–H and O–H groups in total. The average molecular weight is 261 g/mol. The zero-order valence-corrected chi connectivity index (χ0v) is 11.9. The second-order valence-electron chi connectivity index (χ2n) is 4.53. The highest BCUT2D eigenvalue weighted by atomic mass is 32.1. The number of hydrogen-bond donors (Lipinski definition) is 1. The van der Waals surface area contributed by atoms with Crippen LogP contribution in [0, 0.1) is 4.77 Å². The summed E-state index contributed by atoms with van der Waals surface area (Å²) >= 11 is 5.27. The van der Waals surface area contributed by atoms with Crippen molar-refractivity contribution in [2.45, 2.75) is 39.5 Å². The number of hydrogen-bond acceptors (Lipinski definition) is 2. The molecule has 0 radical (unpaired) electrons. The summed E-state index contributed by atoms with van der Waals surface area (Å²) in [6, 6.07) is 8.59. The maximum atomic E-state index is 5.27. The number of aryl methyl sites for hydroxylation is 1. The third-order valence-electron chi connectivity index (χ3n) is 3.39. The molecule has 0 aliphatic heterocycles. The smallest absolute Gasteiger partial charge is 0.199 e. The molecule has 0 unspecified atom stereocenters. The minimum atomic E-state index is 0.599. The van der Waals surface area contributed by atoms with Gasteiger partial charge in [-0.15, -0.1) is 0 Å². The molecule has 0 amide bonds. The van der Waals surface area contributed by atoms with Gasteiger partial charge in [-0.3, -0.25) is 9.67 Å². The standard InChI is InChI=1S/C14H19N3S/c1-4-10(3)11-6-8-12(9-7-11)17-13(5-2)15-16-14(17)18/h6-10H,4-5H2,1-3H3,(H,16,18)/t10-/m1/s1. The first-order valence-electron chi connectivity index (χ1n) is 6.44. The van der Waals surface area contributed by atoms with Crippen LogP contribution in [0.25, 0.3) is 5.69 Å². The summed E-state index contributed by atoms with van der Waals surface area (Å²) in [7, 11) is 0. The number of aromatic nitrogens is 3. The summed E-state index contributed by atoms with van der Waals surface area (Å²) in [5.41, 5.74) is 2.45. The Labute approximate surface area is 113 Å². The van der Waals surface area contributed by atoms with Gasteiger partial charge in [-0.25, -0.2) is 0 Å². The molecule has 2 aromatic rings. The lowest BCUT2D eigenvalue weighted by Gasteiger charge is -2.11. The Morgan fingerprint density at radius 3 is 2.50 bits per heavy atom. The number of nitrogens with one attached hydrogen (secondary N) is 1. The largest absolute Gasteiger partial charge is 0.272 e. The van der Waals surface area contributed by atoms with Gasteiger partial charge < -0.3 is 0 Å². The van der Waals surface area contributed by atoms with Crippen molar-refractivity contribution in [1.82, 2.24) is 14.8 Å². The van der Waals surface area contributed by atoms with Crippen LogP contribution in [-0.2, 0) is 6.42 Å². The van der Waals surface area contributed by atoms with Crippen LogP contribution < -0.4 is 0 Å². The van der Waals surface area contributed by atoms with E-state index in [2.05, 4.69) is 55.2 Å². The van der Waals surface area contributed by atoms with Gasteiger partial charge in [0.1, 0.15) is 5.82 Å². The van der Waals surface area contributed by atoms with Crippen molar-refractivity contribution >= 4 is 12.2 Å². The maximum absolute atomic E-state index is 5.27. The van der Waals surface area contributed by atoms with E-state index < -0.39 is 0 Å². The van der Waals surface area contributed by atoms with Crippen molar-refractivity contribution in [3.8, 4) is 5.69 Å². The van der Waals surface area contributed by atoms with Gasteiger partial charge >= 0.3 is 0 Å². The molecule has 1 atom stereocenters. The predicted molar refractivity (Wildman–Crippen MR) is 76.8 cm³/mol. The lowest BCUT2D eigenvalue weighted by molar-refractivity contribution is 0.733. The van der Waals surface area contributed by atoms with E-state index in [1.54, 1.807) is 0 Å². The maximum Gasteiger partial charge on any atom is 0.199 e. The molecule has 0 spiro atoms. The molecule has 0 aliphatic rings. The fourth-order valence-corrected chi connectivity index (χ4v) is 2.28. The monoisotopic (exact) mass is 261 g/mol. The molecule has 4 heteroatoms. The van der Waals surface area contributed by atoms with Gasteiger partial charge in [-0.1, -0.05) is 32.9 Å². The first-order valence-corrected chi connectivity index (χ1v) is 6.84. The van der Waals surface area contributed by atoms with Crippen molar-refractivity contribution in [3.63, 3.8) is 0 Å². The van der Waals surface area contributed by atoms with Crippen LogP contribution in [-0.4, -0.2) is 14.8 Å². The SMILES string of the molecule is CCc1n[nH]c(=S)n1-c1ccc([C@H](C)CC)cc1. The predicted octanol–water partition coefficient (Wildman–Crippen LogP) is 4.01. The quantitative estimate of drug-likeness (QED) is 0.844. The highest BCUT2D eigenvalue weighted by molar-refractivity contribution is 7.71. The summed E-state index contributed by atoms with van der Waals surface area (Å²) < 4.78 is 2.65. The van der Waals surface area contributed by atoms with Gasteiger partial charge in [-0.2, -0.15) is 5.10 Å². The molecular weight excluding hydrogens is 242 g/mol. The molecule has 3 nitrogen and oxygen atoms in total. The first-order chi connectivity index (χ1) is 8.67. The van der Waals surface area contributed by atoms with Gasteiger partial charge in [0.05, 0.1) is 0 Å². The van der Waals surface area contributed by atoms with Gasteiger partial charge in [0.2, 0.25) is 0 Å². The van der Waals surface area contributed by atoms with Crippen LogP contribution >= 0.6 is 12.2 Å². The van der Waals surface area contributed by atoms with Gasteiger partial charge in [0.15, 0.2) is 4.77 Å². The molecule has 1 aromatic heterocycles. The topological polar surface area (TPSA) is 33.6 Å². The minimum absolute atomic E-state index is 0.599. The minimum Gasteiger partial charge on any atom is -0.272 e. The van der Waals surface area contributed by atoms with E-state index >= 15 is 0 Å². The number of H-pyrrole nitrogens is 1. The zero-order chi connectivity index (χ0) is 13.1. The van der Waals surface area contributed by atoms with Crippen molar-refractivity contribution in [2.75, 3.05) is 0 Å². The molecular formula is C14H19N3S. The van der Waals surface area contributed by atoms with Crippen LogP contribution in [0.15, 0.2) is 24.3 Å². The van der Waals surface area contributed by atoms with Crippen LogP contribution in [0.2, 0.25) is 0 Å². The molecule has 0 bridgehead atoms. The molecule has 1 heterocycles. The van der Waals surface area contributed by atoms with Crippen LogP contribution in [0.4, 0.5) is 0 Å². The Morgan fingerprint density at radius 1 is 1.28 bits per heavy atom. The fourth-order valence-electron chi connectivity index (χ4n) is 2.02. The third-order valence-corrected chi connectivity index (χ3v) is 3.66. The molecule has 0 saturated carbocycles. The Bertz CT molecular complexity index is 565. The number of aromatic amines is 1. The van der Waals surface area contributed by atoms with Gasteiger partial charge in [-0.05, 0) is 42.3 Å². The van der Waals surface area contributed by atoms with E-state index in [9.17, 15) is 0 Å². The molecule has 0 saturated heterocycles. The van der Waals surface area contributed by atoms with Crippen molar-refractivity contribution < 1.29 is 0 Å². The fraction of sp³-hybridized carbons (Fsp3) is 0.429. The van der Waals surface area contributed by atoms with Crippen LogP contribution in [0.1, 0.15) is 44.5 Å². The molecule has 0 aliphatic carbocycles. The molecule has 2 rings (SSSR count). The Morgan fingerprint density at radius 2 is 1.94 bits per heavy atom. The Hall–Kier alpha value is -1.42. The van der Waals surface area contributed by atoms with Gasteiger partial charge in [0, 0.05) is 12.1 Å². The molecule has 0 fully saturated rings. The summed E-state index contributed by atoms with van der Waals surface area (Å²) in [5, 5.41) is 7.08. The lowest BCUT2D eigenvalue weighted by Crippen LogP contribution is -2.01. The number of benzene rings is 1. The number of nitrogens with zero attached hydrogens (tertiary/aromatic N) is 2. The normalized spacial score (nSPS) is 12.6. The molecule has 18 heavy (non-hydrogen) atoms. The highest BCUT2D eigenvalue weighted by Crippen LogP contribution is 2.20. The van der Waals surface area contributed by atoms with Crippen LogP contribution in [0.5, 0.6) is 0 Å². The summed E-state index contributed by atoms with van der Waals surface area (Å²) in [6.45, 7) is 6.53. The third kappa shape index (κ3) is 2.38. The number of rotatable bonds is 4. The van der Waals surface area contributed by atoms with Crippen molar-refractivity contribution in [2.24, 2.45) is 0 Å². The summed E-state index contributed by atoms with van der Waals surface area (Å²) in [6.07, 6.45) is 2.02. The van der Waals surface area contributed by atoms with E-state index in [0.717, 1.165) is 24.4 Å². The van der Waals surface area contributed by atoms with E-state index in [0.29, 0.717) is 10.7 Å². The molecule has 1 aromatic carbocycles. The van der Waals surface area contributed by atoms with Crippen molar-refractivity contribution in [1.29, 1.82) is 0 Å². The average Bonchev–Trinajstić information content (AvgIpc) is 2.79. The zero-order valence-electron chi connectivity index (χ0n) is 11.1. The van der Waals surface area contributed by atoms with Crippen molar-refractivity contribution in [3.05, 3.63) is 40.4 Å². The highest BCUT2D eigenvalue weighted by Gasteiger charge is 2.07. The molecule has 96 valence electrons. The lowest BCUT2D eigenvalue weighted by atomic mass is 9.98. The summed E-state index contributed by atoms with van der Waals surface area (Å²) in [4.78, 5) is 0. The first kappa shape index (κ1) is 13.0. The van der Waals surface area contributed by atoms with Gasteiger partial charge in [0.25, 0.3) is 0 Å². The second kappa shape index (κ2) is 5.48. The summed E-state index contributed by atoms with van der Waals surface area (Å²) in [5.74, 6) is 1.57. The van der Waals surface area contributed by atoms with Crippen LogP contribution in [0.3, 0.4) is 0 Å². The van der Waals surface area contributed by atoms with E-state index in [1.165, 1.54) is 5.56 Å². The van der Waals surface area contributed by atoms with E-state index in [4.69, 9.17) is 12.2 Å². The van der Waals surface area contributed by atoms with E-state index in [-0.39, 0.29) is 0 Å². The van der Waals surface area contributed by atoms with E-state index in [1.807, 2.05) is 4.57 Å². The Balaban J connectivity index is 2.40.